The minimum atomic E-state index is -0.481. The van der Waals surface area contributed by atoms with Gasteiger partial charge in [0.05, 0.1) is 13.2 Å². The molecule has 174 valence electrons. The van der Waals surface area contributed by atoms with Crippen LogP contribution >= 0.6 is 0 Å². The van der Waals surface area contributed by atoms with Gasteiger partial charge in [-0.3, -0.25) is 10.1 Å². The molecule has 0 spiro atoms. The quantitative estimate of drug-likeness (QED) is 0.562. The van der Waals surface area contributed by atoms with Crippen LogP contribution in [0.3, 0.4) is 0 Å². The number of carbonyl (C=O) groups is 1. The van der Waals surface area contributed by atoms with Crippen LogP contribution in [0.25, 0.3) is 0 Å². The normalized spacial score (nSPS) is 14.3. The average Bonchev–Trinajstić information content (AvgIpc) is 2.76. The summed E-state index contributed by atoms with van der Waals surface area (Å²) < 4.78 is 12.6. The van der Waals surface area contributed by atoms with Crippen LogP contribution in [-0.4, -0.2) is 54.1 Å². The Hall–Kier alpha value is -2.87. The van der Waals surface area contributed by atoms with E-state index in [-0.39, 0.29) is 18.2 Å². The Morgan fingerprint density at radius 1 is 1.16 bits per heavy atom. The van der Waals surface area contributed by atoms with Gasteiger partial charge in [-0.2, -0.15) is 0 Å². The summed E-state index contributed by atoms with van der Waals surface area (Å²) in [5.41, 5.74) is 1.26. The third-order valence-corrected chi connectivity index (χ3v) is 5.42. The number of unbranched alkanes of at least 4 members (excludes halogenated alkanes) is 1. The number of benzene rings is 1. The zero-order valence-corrected chi connectivity index (χ0v) is 19.1. The molecule has 1 saturated carbocycles. The van der Waals surface area contributed by atoms with Crippen molar-refractivity contribution in [2.45, 2.75) is 57.6 Å². The molecule has 3 rings (SSSR count). The second-order valence-corrected chi connectivity index (χ2v) is 8.52. The summed E-state index contributed by atoms with van der Waals surface area (Å²) in [6, 6.07) is 10.4. The molecule has 1 fully saturated rings. The molecule has 1 aliphatic rings. The van der Waals surface area contributed by atoms with Gasteiger partial charge in [0.25, 0.3) is 5.56 Å². The maximum atomic E-state index is 12.3. The summed E-state index contributed by atoms with van der Waals surface area (Å²) in [6.45, 7) is 1.63. The molecular weight excluding hydrogens is 408 g/mol. The van der Waals surface area contributed by atoms with Crippen LogP contribution in [0.1, 0.15) is 50.5 Å². The Bertz CT molecular complexity index is 922. The SMILES string of the molecule is CN(C)CCCCOC(=O)Nc1cccc(Cn2nc(OC3CCCCC3)ccc2=O)c1. The van der Waals surface area contributed by atoms with Crippen LogP contribution in [-0.2, 0) is 11.3 Å². The second-order valence-electron chi connectivity index (χ2n) is 8.52. The van der Waals surface area contributed by atoms with Crippen LogP contribution in [0.2, 0.25) is 0 Å². The Kier molecular flexibility index (Phi) is 9.10. The molecule has 2 aromatic rings. The highest BCUT2D eigenvalue weighted by molar-refractivity contribution is 5.84. The largest absolute Gasteiger partial charge is 0.473 e. The number of hydrogen-bond acceptors (Lipinski definition) is 6. The first-order valence-corrected chi connectivity index (χ1v) is 11.4. The van der Waals surface area contributed by atoms with E-state index in [0.717, 1.165) is 37.8 Å². The number of rotatable bonds is 10. The molecule has 1 heterocycles. The minimum absolute atomic E-state index is 0.170. The van der Waals surface area contributed by atoms with Crippen molar-refractivity contribution in [3.8, 4) is 5.88 Å². The molecular formula is C24H34N4O4. The molecule has 0 saturated heterocycles. The third-order valence-electron chi connectivity index (χ3n) is 5.42. The number of nitrogens with zero attached hydrogens (tertiary/aromatic N) is 3. The first kappa shape index (κ1) is 23.8. The standard InChI is InChI=1S/C24H34N4O4/c1-27(2)15-6-7-16-31-24(30)25-20-10-8-9-19(17-20)18-28-23(29)14-13-22(26-28)32-21-11-4-3-5-12-21/h8-10,13-14,17,21H,3-7,11-12,15-16,18H2,1-2H3,(H,25,30). The lowest BCUT2D eigenvalue weighted by atomic mass is 9.98. The zero-order chi connectivity index (χ0) is 22.8. The first-order chi connectivity index (χ1) is 15.5. The topological polar surface area (TPSA) is 85.7 Å². The van der Waals surface area contributed by atoms with E-state index in [1.54, 1.807) is 12.1 Å². The maximum absolute atomic E-state index is 12.3. The van der Waals surface area contributed by atoms with Gasteiger partial charge in [-0.25, -0.2) is 9.48 Å². The van der Waals surface area contributed by atoms with Crippen molar-refractivity contribution in [3.05, 3.63) is 52.3 Å². The van der Waals surface area contributed by atoms with Gasteiger partial charge in [0.2, 0.25) is 5.88 Å². The van der Waals surface area contributed by atoms with E-state index in [1.807, 2.05) is 32.3 Å². The number of anilines is 1. The molecule has 0 atom stereocenters. The maximum Gasteiger partial charge on any atom is 0.411 e. The zero-order valence-electron chi connectivity index (χ0n) is 19.1. The van der Waals surface area contributed by atoms with Crippen LogP contribution in [0, 0.1) is 0 Å². The molecule has 1 aliphatic carbocycles. The van der Waals surface area contributed by atoms with E-state index >= 15 is 0 Å². The summed E-state index contributed by atoms with van der Waals surface area (Å²) in [7, 11) is 4.04. The molecule has 0 unspecified atom stereocenters. The first-order valence-electron chi connectivity index (χ1n) is 11.4. The lowest BCUT2D eigenvalue weighted by molar-refractivity contribution is 0.145. The summed E-state index contributed by atoms with van der Waals surface area (Å²) in [5, 5.41) is 7.13. The average molecular weight is 443 g/mol. The predicted octanol–water partition coefficient (Wildman–Crippen LogP) is 3.89. The highest BCUT2D eigenvalue weighted by Gasteiger charge is 2.16. The molecule has 1 aromatic heterocycles. The van der Waals surface area contributed by atoms with Crippen molar-refractivity contribution in [3.63, 3.8) is 0 Å². The molecule has 1 N–H and O–H groups in total. The van der Waals surface area contributed by atoms with E-state index in [1.165, 1.54) is 30.0 Å². The minimum Gasteiger partial charge on any atom is -0.473 e. The van der Waals surface area contributed by atoms with E-state index < -0.39 is 6.09 Å². The molecule has 1 aromatic carbocycles. The number of aromatic nitrogens is 2. The fourth-order valence-corrected chi connectivity index (χ4v) is 3.73. The van der Waals surface area contributed by atoms with Crippen LogP contribution in [0.15, 0.2) is 41.2 Å². The van der Waals surface area contributed by atoms with Gasteiger partial charge in [0, 0.05) is 17.8 Å². The van der Waals surface area contributed by atoms with Crippen molar-refractivity contribution in [2.75, 3.05) is 32.6 Å². The van der Waals surface area contributed by atoms with Gasteiger partial charge >= 0.3 is 6.09 Å². The van der Waals surface area contributed by atoms with Gasteiger partial charge in [-0.15, -0.1) is 5.10 Å². The van der Waals surface area contributed by atoms with Gasteiger partial charge in [-0.05, 0) is 76.9 Å². The smallest absolute Gasteiger partial charge is 0.411 e. The van der Waals surface area contributed by atoms with E-state index in [9.17, 15) is 9.59 Å². The molecule has 0 bridgehead atoms. The molecule has 0 radical (unpaired) electrons. The van der Waals surface area contributed by atoms with Crippen molar-refractivity contribution < 1.29 is 14.3 Å². The van der Waals surface area contributed by atoms with Crippen LogP contribution < -0.4 is 15.6 Å². The number of carbonyl (C=O) groups excluding carboxylic acids is 1. The molecule has 1 amide bonds. The second kappa shape index (κ2) is 12.2. The van der Waals surface area contributed by atoms with Crippen molar-refractivity contribution in [1.82, 2.24) is 14.7 Å². The Morgan fingerprint density at radius 2 is 1.97 bits per heavy atom. The van der Waals surface area contributed by atoms with E-state index in [2.05, 4.69) is 15.3 Å². The summed E-state index contributed by atoms with van der Waals surface area (Å²) in [6.07, 6.45) is 7.13. The van der Waals surface area contributed by atoms with Crippen molar-refractivity contribution in [2.24, 2.45) is 0 Å². The van der Waals surface area contributed by atoms with Gasteiger partial charge in [0.15, 0.2) is 0 Å². The molecule has 32 heavy (non-hydrogen) atoms. The van der Waals surface area contributed by atoms with E-state index in [4.69, 9.17) is 9.47 Å². The Labute approximate surface area is 189 Å². The van der Waals surface area contributed by atoms with Gasteiger partial charge in [0.1, 0.15) is 6.10 Å². The molecule has 8 nitrogen and oxygen atoms in total. The number of hydrogen-bond donors (Lipinski definition) is 1. The van der Waals surface area contributed by atoms with Gasteiger partial charge in [-0.1, -0.05) is 18.6 Å². The number of ether oxygens (including phenoxy) is 2. The monoisotopic (exact) mass is 442 g/mol. The highest BCUT2D eigenvalue weighted by atomic mass is 16.5. The van der Waals surface area contributed by atoms with Gasteiger partial charge < -0.3 is 14.4 Å². The number of nitrogens with one attached hydrogen (secondary N) is 1. The lowest BCUT2D eigenvalue weighted by Crippen LogP contribution is -2.25. The number of amides is 1. The fraction of sp³-hybridized carbons (Fsp3) is 0.542. The van der Waals surface area contributed by atoms with Crippen LogP contribution in [0.5, 0.6) is 5.88 Å². The highest BCUT2D eigenvalue weighted by Crippen LogP contribution is 2.21. The Balaban J connectivity index is 1.54. The lowest BCUT2D eigenvalue weighted by Gasteiger charge is -2.22. The summed E-state index contributed by atoms with van der Waals surface area (Å²) >= 11 is 0. The molecule has 0 aliphatic heterocycles. The van der Waals surface area contributed by atoms with Crippen molar-refractivity contribution >= 4 is 11.8 Å². The summed E-state index contributed by atoms with van der Waals surface area (Å²) in [4.78, 5) is 26.4. The Morgan fingerprint density at radius 3 is 2.75 bits per heavy atom. The third kappa shape index (κ3) is 8.00. The van der Waals surface area contributed by atoms with E-state index in [0.29, 0.717) is 18.2 Å². The fourth-order valence-electron chi connectivity index (χ4n) is 3.73. The van der Waals surface area contributed by atoms with Crippen molar-refractivity contribution in [1.29, 1.82) is 0 Å². The van der Waals surface area contributed by atoms with Crippen LogP contribution in [0.4, 0.5) is 10.5 Å². The summed E-state index contributed by atoms with van der Waals surface area (Å²) in [5.74, 6) is 0.476. The predicted molar refractivity (Wildman–Crippen MR) is 124 cm³/mol. The molecule has 8 heteroatoms.